The fourth-order valence-corrected chi connectivity index (χ4v) is 1.58. The van der Waals surface area contributed by atoms with E-state index in [1.807, 2.05) is 5.10 Å². The molecule has 4 nitrogen and oxygen atoms in total. The van der Waals surface area contributed by atoms with Gasteiger partial charge in [-0.3, -0.25) is 9.89 Å². The number of nitrogens with zero attached hydrogens (tertiary/aromatic N) is 1. The Labute approximate surface area is 106 Å². The Morgan fingerprint density at radius 1 is 1.32 bits per heavy atom. The van der Waals surface area contributed by atoms with Gasteiger partial charge in [0, 0.05) is 18.2 Å². The van der Waals surface area contributed by atoms with Gasteiger partial charge in [-0.05, 0) is 18.2 Å². The Kier molecular flexibility index (Phi) is 3.28. The molecule has 2 N–H and O–H groups in total. The Morgan fingerprint density at radius 3 is 2.63 bits per heavy atom. The number of aromatic nitrogens is 2. The predicted octanol–water partition coefficient (Wildman–Crippen LogP) is 2.46. The standard InChI is InChI=1S/C12H10F3N3O/c1-16-11(19)8-4-2-3-7(5-8)9-6-10(18-17-9)12(13,14)15/h2-6H,1H3,(H,16,19)(H,17,18). The topological polar surface area (TPSA) is 57.8 Å². The van der Waals surface area contributed by atoms with E-state index < -0.39 is 11.9 Å². The summed E-state index contributed by atoms with van der Waals surface area (Å²) in [5, 5.41) is 7.98. The number of hydrogen-bond donors (Lipinski definition) is 2. The van der Waals surface area contributed by atoms with Crippen molar-refractivity contribution in [3.05, 3.63) is 41.6 Å². The van der Waals surface area contributed by atoms with E-state index >= 15 is 0 Å². The molecule has 0 saturated heterocycles. The molecule has 0 saturated carbocycles. The number of aromatic amines is 1. The highest BCUT2D eigenvalue weighted by atomic mass is 19.4. The molecule has 19 heavy (non-hydrogen) atoms. The van der Waals surface area contributed by atoms with Crippen LogP contribution in [0.2, 0.25) is 0 Å². The average Bonchev–Trinajstić information content (AvgIpc) is 2.87. The van der Waals surface area contributed by atoms with Gasteiger partial charge in [-0.1, -0.05) is 12.1 Å². The quantitative estimate of drug-likeness (QED) is 0.879. The molecule has 2 aromatic rings. The van der Waals surface area contributed by atoms with E-state index in [1.165, 1.54) is 13.1 Å². The van der Waals surface area contributed by atoms with Crippen molar-refractivity contribution in [2.75, 3.05) is 7.05 Å². The first-order valence-electron chi connectivity index (χ1n) is 5.37. The summed E-state index contributed by atoms with van der Waals surface area (Å²) >= 11 is 0. The van der Waals surface area contributed by atoms with Crippen LogP contribution in [0, 0.1) is 0 Å². The monoisotopic (exact) mass is 269 g/mol. The maximum Gasteiger partial charge on any atom is 0.432 e. The molecule has 0 fully saturated rings. The van der Waals surface area contributed by atoms with Gasteiger partial charge in [0.05, 0.1) is 5.69 Å². The third-order valence-electron chi connectivity index (χ3n) is 2.53. The minimum Gasteiger partial charge on any atom is -0.355 e. The lowest BCUT2D eigenvalue weighted by molar-refractivity contribution is -0.141. The lowest BCUT2D eigenvalue weighted by Crippen LogP contribution is -2.17. The Morgan fingerprint density at radius 2 is 2.05 bits per heavy atom. The number of benzene rings is 1. The summed E-state index contributed by atoms with van der Waals surface area (Å²) in [6.45, 7) is 0. The molecule has 1 amide bonds. The van der Waals surface area contributed by atoms with Gasteiger partial charge in [0.25, 0.3) is 5.91 Å². The van der Waals surface area contributed by atoms with Crippen LogP contribution >= 0.6 is 0 Å². The number of carbonyl (C=O) groups excluding carboxylic acids is 1. The number of amides is 1. The molecule has 0 aliphatic heterocycles. The molecule has 100 valence electrons. The van der Waals surface area contributed by atoms with E-state index in [4.69, 9.17) is 0 Å². The van der Waals surface area contributed by atoms with Crippen LogP contribution < -0.4 is 5.32 Å². The number of nitrogens with one attached hydrogen (secondary N) is 2. The highest BCUT2D eigenvalue weighted by Gasteiger charge is 2.33. The van der Waals surface area contributed by atoms with E-state index in [1.54, 1.807) is 18.2 Å². The third-order valence-corrected chi connectivity index (χ3v) is 2.53. The van der Waals surface area contributed by atoms with Gasteiger partial charge in [0.2, 0.25) is 0 Å². The second-order valence-electron chi connectivity index (χ2n) is 3.82. The molecular weight excluding hydrogens is 259 g/mol. The smallest absolute Gasteiger partial charge is 0.355 e. The number of hydrogen-bond acceptors (Lipinski definition) is 2. The fourth-order valence-electron chi connectivity index (χ4n) is 1.58. The van der Waals surface area contributed by atoms with E-state index in [0.717, 1.165) is 6.07 Å². The summed E-state index contributed by atoms with van der Waals surface area (Å²) in [6.07, 6.45) is -4.47. The van der Waals surface area contributed by atoms with Crippen LogP contribution in [0.5, 0.6) is 0 Å². The minimum atomic E-state index is -4.47. The summed E-state index contributed by atoms with van der Waals surface area (Å²) in [4.78, 5) is 11.4. The number of alkyl halides is 3. The number of H-pyrrole nitrogens is 1. The normalized spacial score (nSPS) is 11.4. The van der Waals surface area contributed by atoms with Crippen molar-refractivity contribution in [1.29, 1.82) is 0 Å². The molecule has 0 atom stereocenters. The zero-order valence-electron chi connectivity index (χ0n) is 9.88. The lowest BCUT2D eigenvalue weighted by Gasteiger charge is -2.02. The van der Waals surface area contributed by atoms with Gasteiger partial charge in [-0.2, -0.15) is 18.3 Å². The van der Waals surface area contributed by atoms with Crippen LogP contribution in [-0.4, -0.2) is 23.2 Å². The SMILES string of the molecule is CNC(=O)c1cccc(-c2cc(C(F)(F)F)[nH]n2)c1. The van der Waals surface area contributed by atoms with E-state index in [9.17, 15) is 18.0 Å². The van der Waals surface area contributed by atoms with E-state index in [0.29, 0.717) is 11.1 Å². The van der Waals surface area contributed by atoms with E-state index in [-0.39, 0.29) is 11.6 Å². The molecule has 1 heterocycles. The van der Waals surface area contributed by atoms with Crippen molar-refractivity contribution in [1.82, 2.24) is 15.5 Å². The van der Waals surface area contributed by atoms with Crippen molar-refractivity contribution < 1.29 is 18.0 Å². The average molecular weight is 269 g/mol. The maximum atomic E-state index is 12.4. The molecule has 1 aromatic carbocycles. The van der Waals surface area contributed by atoms with Gasteiger partial charge in [0.1, 0.15) is 5.69 Å². The highest BCUT2D eigenvalue weighted by Crippen LogP contribution is 2.30. The number of rotatable bonds is 2. The Hall–Kier alpha value is -2.31. The van der Waals surface area contributed by atoms with Crippen LogP contribution in [0.25, 0.3) is 11.3 Å². The summed E-state index contributed by atoms with van der Waals surface area (Å²) in [5.74, 6) is -0.312. The molecule has 2 rings (SSSR count). The molecule has 0 aliphatic carbocycles. The van der Waals surface area contributed by atoms with Gasteiger partial charge >= 0.3 is 6.18 Å². The van der Waals surface area contributed by atoms with Crippen molar-refractivity contribution in [3.8, 4) is 11.3 Å². The van der Waals surface area contributed by atoms with Crippen LogP contribution in [0.4, 0.5) is 13.2 Å². The molecule has 0 radical (unpaired) electrons. The zero-order valence-corrected chi connectivity index (χ0v) is 9.88. The van der Waals surface area contributed by atoms with Crippen LogP contribution in [-0.2, 0) is 6.18 Å². The van der Waals surface area contributed by atoms with Crippen molar-refractivity contribution in [3.63, 3.8) is 0 Å². The van der Waals surface area contributed by atoms with Crippen molar-refractivity contribution in [2.24, 2.45) is 0 Å². The first-order valence-corrected chi connectivity index (χ1v) is 5.37. The molecular formula is C12H10F3N3O. The summed E-state index contributed by atoms with van der Waals surface area (Å²) in [5.41, 5.74) is 0.00957. The molecule has 0 aliphatic rings. The van der Waals surface area contributed by atoms with Gasteiger partial charge < -0.3 is 5.32 Å². The maximum absolute atomic E-state index is 12.4. The zero-order chi connectivity index (χ0) is 14.0. The Balaban J connectivity index is 2.37. The minimum absolute atomic E-state index is 0.137. The van der Waals surface area contributed by atoms with Crippen LogP contribution in [0.1, 0.15) is 16.1 Å². The molecule has 1 aromatic heterocycles. The second-order valence-corrected chi connectivity index (χ2v) is 3.82. The summed E-state index contributed by atoms with van der Waals surface area (Å²) in [6, 6.07) is 7.13. The molecule has 7 heteroatoms. The van der Waals surface area contributed by atoms with Crippen LogP contribution in [0.3, 0.4) is 0 Å². The molecule has 0 bridgehead atoms. The van der Waals surface area contributed by atoms with Gasteiger partial charge in [-0.25, -0.2) is 0 Å². The van der Waals surface area contributed by atoms with Gasteiger partial charge in [-0.15, -0.1) is 0 Å². The summed E-state index contributed by atoms with van der Waals surface area (Å²) in [7, 11) is 1.48. The number of carbonyl (C=O) groups is 1. The predicted molar refractivity (Wildman–Crippen MR) is 62.4 cm³/mol. The Bertz CT molecular complexity index is 604. The van der Waals surface area contributed by atoms with Gasteiger partial charge in [0.15, 0.2) is 0 Å². The highest BCUT2D eigenvalue weighted by molar-refractivity contribution is 5.95. The first kappa shape index (κ1) is 13.1. The third kappa shape index (κ3) is 2.75. The van der Waals surface area contributed by atoms with E-state index in [2.05, 4.69) is 10.4 Å². The molecule has 0 unspecified atom stereocenters. The van der Waals surface area contributed by atoms with Crippen LogP contribution in [0.15, 0.2) is 30.3 Å². The molecule has 0 spiro atoms. The first-order chi connectivity index (χ1) is 8.91. The second kappa shape index (κ2) is 4.75. The largest absolute Gasteiger partial charge is 0.432 e. The van der Waals surface area contributed by atoms with Crippen molar-refractivity contribution >= 4 is 5.91 Å². The summed E-state index contributed by atoms with van der Waals surface area (Å²) < 4.78 is 37.3. The fraction of sp³-hybridized carbons (Fsp3) is 0.167. The number of halogens is 3. The lowest BCUT2D eigenvalue weighted by atomic mass is 10.1. The van der Waals surface area contributed by atoms with Crippen molar-refractivity contribution in [2.45, 2.75) is 6.18 Å².